The van der Waals surface area contributed by atoms with E-state index in [1.54, 1.807) is 7.11 Å². The van der Waals surface area contributed by atoms with Gasteiger partial charge in [-0.3, -0.25) is 4.79 Å². The molecule has 0 bridgehead atoms. The maximum Gasteiger partial charge on any atom is 0.217 e. The Balaban J connectivity index is 2.67. The van der Waals surface area contributed by atoms with Crippen molar-refractivity contribution in [3.8, 4) is 0 Å². The molecular weight excluding hydrogens is 218 g/mol. The van der Waals surface area contributed by atoms with E-state index in [2.05, 4.69) is 5.32 Å². The molecular formula is C13H19NO3. The van der Waals surface area contributed by atoms with E-state index >= 15 is 0 Å². The minimum Gasteiger partial charge on any atom is -0.359 e. The highest BCUT2D eigenvalue weighted by Crippen LogP contribution is 2.14. The summed E-state index contributed by atoms with van der Waals surface area (Å²) in [6.45, 7) is 4.15. The summed E-state index contributed by atoms with van der Waals surface area (Å²) < 4.78 is 10.1. The van der Waals surface area contributed by atoms with E-state index < -0.39 is 0 Å². The maximum atomic E-state index is 11.1. The van der Waals surface area contributed by atoms with E-state index in [0.717, 1.165) is 5.56 Å². The molecule has 1 N–H and O–H groups in total. The van der Waals surface area contributed by atoms with Gasteiger partial charge in [0.25, 0.3) is 0 Å². The summed E-state index contributed by atoms with van der Waals surface area (Å²) in [6.07, 6.45) is 0. The quantitative estimate of drug-likeness (QED) is 0.606. The van der Waals surface area contributed by atoms with Crippen molar-refractivity contribution in [2.75, 3.05) is 20.5 Å². The number of hydrogen-bond acceptors (Lipinski definition) is 3. The minimum atomic E-state index is -0.136. The first-order chi connectivity index (χ1) is 8.13. The zero-order chi connectivity index (χ0) is 12.7. The molecule has 1 rings (SSSR count). The lowest BCUT2D eigenvalue weighted by atomic mass is 10.1. The number of hydrogen-bond donors (Lipinski definition) is 1. The molecule has 17 heavy (non-hydrogen) atoms. The Bertz CT molecular complexity index is 348. The third kappa shape index (κ3) is 4.97. The molecule has 0 radical (unpaired) electrons. The van der Waals surface area contributed by atoms with Gasteiger partial charge < -0.3 is 14.8 Å². The Labute approximate surface area is 102 Å². The van der Waals surface area contributed by atoms with Gasteiger partial charge in [0.1, 0.15) is 6.79 Å². The SMILES string of the molecule is COCOC[C@@H](NC(C)=O)c1ccc(C)cc1. The molecule has 94 valence electrons. The van der Waals surface area contributed by atoms with Gasteiger partial charge in [-0.15, -0.1) is 0 Å². The molecule has 0 aromatic heterocycles. The predicted octanol–water partition coefficient (Wildman–Crippen LogP) is 1.79. The number of rotatable bonds is 6. The first-order valence-electron chi connectivity index (χ1n) is 5.54. The topological polar surface area (TPSA) is 47.6 Å². The van der Waals surface area contributed by atoms with E-state index in [9.17, 15) is 4.79 Å². The smallest absolute Gasteiger partial charge is 0.217 e. The zero-order valence-electron chi connectivity index (χ0n) is 10.5. The van der Waals surface area contributed by atoms with Crippen LogP contribution in [0.1, 0.15) is 24.1 Å². The molecule has 1 atom stereocenters. The first kappa shape index (κ1) is 13.7. The monoisotopic (exact) mass is 237 g/mol. The zero-order valence-corrected chi connectivity index (χ0v) is 10.5. The third-order valence-corrected chi connectivity index (χ3v) is 2.34. The van der Waals surface area contributed by atoms with Crippen molar-refractivity contribution in [3.05, 3.63) is 35.4 Å². The van der Waals surface area contributed by atoms with Gasteiger partial charge in [-0.25, -0.2) is 0 Å². The molecule has 0 saturated heterocycles. The van der Waals surface area contributed by atoms with E-state index in [0.29, 0.717) is 6.61 Å². The highest BCUT2D eigenvalue weighted by Gasteiger charge is 2.12. The molecule has 0 aliphatic carbocycles. The van der Waals surface area contributed by atoms with Gasteiger partial charge in [0.05, 0.1) is 12.6 Å². The fourth-order valence-electron chi connectivity index (χ4n) is 1.51. The Kier molecular flexibility index (Phi) is 5.66. The molecule has 4 nitrogen and oxygen atoms in total. The van der Waals surface area contributed by atoms with Gasteiger partial charge in [-0.2, -0.15) is 0 Å². The summed E-state index contributed by atoms with van der Waals surface area (Å²) in [5, 5.41) is 2.86. The van der Waals surface area contributed by atoms with Crippen molar-refractivity contribution >= 4 is 5.91 Å². The molecule has 4 heteroatoms. The lowest BCUT2D eigenvalue weighted by Crippen LogP contribution is -2.29. The normalized spacial score (nSPS) is 12.2. The maximum absolute atomic E-state index is 11.1. The standard InChI is InChI=1S/C13H19NO3/c1-10-4-6-12(7-5-10)13(14-11(2)15)8-17-9-16-3/h4-7,13H,8-9H2,1-3H3,(H,14,15)/t13-/m1/s1. The van der Waals surface area contributed by atoms with Crippen LogP contribution in [0, 0.1) is 6.92 Å². The number of methoxy groups -OCH3 is 1. The number of carbonyl (C=O) groups is 1. The van der Waals surface area contributed by atoms with Gasteiger partial charge >= 0.3 is 0 Å². The van der Waals surface area contributed by atoms with Crippen LogP contribution in [0.15, 0.2) is 24.3 Å². The van der Waals surface area contributed by atoms with Gasteiger partial charge in [0.15, 0.2) is 0 Å². The Hall–Kier alpha value is -1.39. The van der Waals surface area contributed by atoms with Gasteiger partial charge in [0.2, 0.25) is 5.91 Å². The number of nitrogens with one attached hydrogen (secondary N) is 1. The second kappa shape index (κ2) is 7.04. The van der Waals surface area contributed by atoms with Crippen molar-refractivity contribution in [3.63, 3.8) is 0 Å². The summed E-state index contributed by atoms with van der Waals surface area (Å²) in [6, 6.07) is 7.88. The molecule has 0 spiro atoms. The molecule has 0 unspecified atom stereocenters. The highest BCUT2D eigenvalue weighted by atomic mass is 16.7. The van der Waals surface area contributed by atoms with Crippen LogP contribution in [0.4, 0.5) is 0 Å². The predicted molar refractivity (Wildman–Crippen MR) is 65.6 cm³/mol. The summed E-state index contributed by atoms with van der Waals surface area (Å²) in [5.74, 6) is -0.0726. The van der Waals surface area contributed by atoms with Crippen molar-refractivity contribution < 1.29 is 14.3 Å². The van der Waals surface area contributed by atoms with Crippen molar-refractivity contribution in [1.82, 2.24) is 5.32 Å². The van der Waals surface area contributed by atoms with Gasteiger partial charge in [0, 0.05) is 14.0 Å². The van der Waals surface area contributed by atoms with Crippen LogP contribution >= 0.6 is 0 Å². The fourth-order valence-corrected chi connectivity index (χ4v) is 1.51. The molecule has 0 fully saturated rings. The van der Waals surface area contributed by atoms with Crippen molar-refractivity contribution in [2.45, 2.75) is 19.9 Å². The Morgan fingerprint density at radius 2 is 2.00 bits per heavy atom. The Morgan fingerprint density at radius 1 is 1.35 bits per heavy atom. The van der Waals surface area contributed by atoms with E-state index in [1.807, 2.05) is 31.2 Å². The summed E-state index contributed by atoms with van der Waals surface area (Å²) in [7, 11) is 1.57. The molecule has 0 aliphatic rings. The lowest BCUT2D eigenvalue weighted by molar-refractivity contribution is -0.120. The average molecular weight is 237 g/mol. The molecule has 1 amide bonds. The second-order valence-electron chi connectivity index (χ2n) is 3.94. The molecule has 0 aliphatic heterocycles. The van der Waals surface area contributed by atoms with Crippen LogP contribution in [0.5, 0.6) is 0 Å². The minimum absolute atomic E-state index is 0.0726. The van der Waals surface area contributed by atoms with E-state index in [1.165, 1.54) is 12.5 Å². The third-order valence-electron chi connectivity index (χ3n) is 2.34. The number of carbonyl (C=O) groups excluding carboxylic acids is 1. The van der Waals surface area contributed by atoms with Crippen molar-refractivity contribution in [2.24, 2.45) is 0 Å². The van der Waals surface area contributed by atoms with Crippen LogP contribution < -0.4 is 5.32 Å². The number of benzene rings is 1. The molecule has 1 aromatic rings. The van der Waals surface area contributed by atoms with Gasteiger partial charge in [-0.05, 0) is 12.5 Å². The number of amides is 1. The highest BCUT2D eigenvalue weighted by molar-refractivity contribution is 5.73. The second-order valence-corrected chi connectivity index (χ2v) is 3.94. The number of ether oxygens (including phenoxy) is 2. The number of aryl methyl sites for hydroxylation is 1. The van der Waals surface area contributed by atoms with Crippen LogP contribution in [-0.4, -0.2) is 26.4 Å². The fraction of sp³-hybridized carbons (Fsp3) is 0.462. The van der Waals surface area contributed by atoms with Crippen LogP contribution in [-0.2, 0) is 14.3 Å². The van der Waals surface area contributed by atoms with E-state index in [-0.39, 0.29) is 18.7 Å². The van der Waals surface area contributed by atoms with E-state index in [4.69, 9.17) is 9.47 Å². The van der Waals surface area contributed by atoms with Gasteiger partial charge in [-0.1, -0.05) is 29.8 Å². The average Bonchev–Trinajstić information content (AvgIpc) is 2.28. The Morgan fingerprint density at radius 3 is 2.53 bits per heavy atom. The summed E-state index contributed by atoms with van der Waals surface area (Å²) in [4.78, 5) is 11.1. The largest absolute Gasteiger partial charge is 0.359 e. The first-order valence-corrected chi connectivity index (χ1v) is 5.54. The van der Waals surface area contributed by atoms with Crippen LogP contribution in [0.2, 0.25) is 0 Å². The lowest BCUT2D eigenvalue weighted by Gasteiger charge is -2.18. The molecule has 0 saturated carbocycles. The summed E-state index contributed by atoms with van der Waals surface area (Å²) >= 11 is 0. The molecule has 1 aromatic carbocycles. The van der Waals surface area contributed by atoms with Crippen molar-refractivity contribution in [1.29, 1.82) is 0 Å². The molecule has 0 heterocycles. The van der Waals surface area contributed by atoms with Crippen LogP contribution in [0.3, 0.4) is 0 Å². The van der Waals surface area contributed by atoms with Crippen LogP contribution in [0.25, 0.3) is 0 Å². The summed E-state index contributed by atoms with van der Waals surface area (Å²) in [5.41, 5.74) is 2.22.